The molecular weight excluding hydrogens is 239 g/mol. The largest absolute Gasteiger partial charge is 0.305 e. The Labute approximate surface area is 113 Å². The maximum atomic E-state index is 13.9. The van der Waals surface area contributed by atoms with Crippen molar-refractivity contribution >= 4 is 0 Å². The smallest absolute Gasteiger partial charge is 0.146 e. The normalized spacial score (nSPS) is 12.4. The van der Waals surface area contributed by atoms with E-state index in [2.05, 4.69) is 29.4 Å². The van der Waals surface area contributed by atoms with Crippen molar-refractivity contribution in [1.82, 2.24) is 10.3 Å². The molecule has 1 heterocycles. The second-order valence-electron chi connectivity index (χ2n) is 4.46. The zero-order valence-electron chi connectivity index (χ0n) is 11.4. The quantitative estimate of drug-likeness (QED) is 0.888. The van der Waals surface area contributed by atoms with Gasteiger partial charge in [0.2, 0.25) is 0 Å². The first-order valence-electron chi connectivity index (χ1n) is 6.68. The van der Waals surface area contributed by atoms with E-state index in [9.17, 15) is 4.39 Å². The highest BCUT2D eigenvalue weighted by Gasteiger charge is 2.17. The van der Waals surface area contributed by atoms with E-state index in [1.165, 1.54) is 11.6 Å². The van der Waals surface area contributed by atoms with Crippen molar-refractivity contribution in [3.05, 3.63) is 65.2 Å². The lowest BCUT2D eigenvalue weighted by atomic mass is 10.0. The maximum Gasteiger partial charge on any atom is 0.146 e. The molecule has 1 aromatic carbocycles. The van der Waals surface area contributed by atoms with E-state index in [-0.39, 0.29) is 11.9 Å². The lowest BCUT2D eigenvalue weighted by Gasteiger charge is -2.18. The summed E-state index contributed by atoms with van der Waals surface area (Å²) in [5, 5.41) is 3.29. The summed E-state index contributed by atoms with van der Waals surface area (Å²) in [4.78, 5) is 4.18. The Morgan fingerprint density at radius 1 is 1.16 bits per heavy atom. The highest BCUT2D eigenvalue weighted by molar-refractivity contribution is 5.31. The first-order valence-corrected chi connectivity index (χ1v) is 6.68. The summed E-state index contributed by atoms with van der Waals surface area (Å²) in [5.41, 5.74) is 2.77. The molecule has 0 fully saturated rings. The molecule has 0 spiro atoms. The third-order valence-corrected chi connectivity index (χ3v) is 3.19. The minimum absolute atomic E-state index is 0.197. The molecule has 2 rings (SSSR count). The predicted molar refractivity (Wildman–Crippen MR) is 75.5 cm³/mol. The fraction of sp³-hybridized carbons (Fsp3) is 0.312. The highest BCUT2D eigenvalue weighted by atomic mass is 19.1. The molecule has 19 heavy (non-hydrogen) atoms. The molecule has 100 valence electrons. The van der Waals surface area contributed by atoms with E-state index in [4.69, 9.17) is 0 Å². The number of benzene rings is 1. The van der Waals surface area contributed by atoms with Gasteiger partial charge in [-0.25, -0.2) is 4.39 Å². The minimum atomic E-state index is -0.270. The van der Waals surface area contributed by atoms with Gasteiger partial charge in [-0.05, 0) is 36.2 Å². The van der Waals surface area contributed by atoms with Crippen molar-refractivity contribution in [3.63, 3.8) is 0 Å². The summed E-state index contributed by atoms with van der Waals surface area (Å²) in [7, 11) is 0. The molecule has 1 aromatic heterocycles. The van der Waals surface area contributed by atoms with Crippen LogP contribution in [0.5, 0.6) is 0 Å². The molecule has 0 saturated carbocycles. The number of nitrogens with one attached hydrogen (secondary N) is 1. The van der Waals surface area contributed by atoms with Gasteiger partial charge in [-0.3, -0.25) is 4.98 Å². The van der Waals surface area contributed by atoms with E-state index in [0.29, 0.717) is 5.69 Å². The molecule has 0 aliphatic heterocycles. The maximum absolute atomic E-state index is 13.9. The first-order chi connectivity index (χ1) is 9.26. The summed E-state index contributed by atoms with van der Waals surface area (Å²) in [6.45, 7) is 4.89. The fourth-order valence-electron chi connectivity index (χ4n) is 2.13. The number of hydrogen-bond donors (Lipinski definition) is 1. The van der Waals surface area contributed by atoms with Crippen LogP contribution in [0.4, 0.5) is 4.39 Å². The molecule has 0 radical (unpaired) electrons. The van der Waals surface area contributed by atoms with Crippen molar-refractivity contribution in [3.8, 4) is 0 Å². The Bertz CT molecular complexity index is 523. The molecule has 2 nitrogen and oxygen atoms in total. The van der Waals surface area contributed by atoms with Crippen LogP contribution in [0.3, 0.4) is 0 Å². The van der Waals surface area contributed by atoms with Crippen molar-refractivity contribution in [2.75, 3.05) is 6.54 Å². The van der Waals surface area contributed by atoms with Crippen LogP contribution in [0.25, 0.3) is 0 Å². The van der Waals surface area contributed by atoms with Gasteiger partial charge in [0.1, 0.15) is 5.82 Å². The van der Waals surface area contributed by atoms with Crippen LogP contribution in [0.2, 0.25) is 0 Å². The van der Waals surface area contributed by atoms with Gasteiger partial charge in [-0.2, -0.15) is 0 Å². The Kier molecular flexibility index (Phi) is 4.63. The first kappa shape index (κ1) is 13.7. The van der Waals surface area contributed by atoms with E-state index in [1.807, 2.05) is 19.1 Å². The molecule has 2 aromatic rings. The fourth-order valence-corrected chi connectivity index (χ4v) is 2.13. The molecular formula is C16H19FN2. The zero-order valence-corrected chi connectivity index (χ0v) is 11.4. The van der Waals surface area contributed by atoms with Crippen LogP contribution >= 0.6 is 0 Å². The Morgan fingerprint density at radius 2 is 1.89 bits per heavy atom. The summed E-state index contributed by atoms with van der Waals surface area (Å²) < 4.78 is 13.9. The number of halogens is 1. The highest BCUT2D eigenvalue weighted by Crippen LogP contribution is 2.22. The average Bonchev–Trinajstić information content (AvgIpc) is 2.46. The number of nitrogens with zero attached hydrogens (tertiary/aromatic N) is 1. The van der Waals surface area contributed by atoms with Gasteiger partial charge < -0.3 is 5.32 Å². The summed E-state index contributed by atoms with van der Waals surface area (Å²) >= 11 is 0. The van der Waals surface area contributed by atoms with E-state index < -0.39 is 0 Å². The monoisotopic (exact) mass is 258 g/mol. The Hall–Kier alpha value is -1.74. The van der Waals surface area contributed by atoms with Gasteiger partial charge in [0, 0.05) is 6.20 Å². The number of pyridine rings is 1. The Morgan fingerprint density at radius 3 is 2.47 bits per heavy atom. The Balaban J connectivity index is 2.36. The standard InChI is InChI=1S/C16H19FN2/c1-3-12-7-9-13(10-8-12)15(18-4-2)16-14(17)6-5-11-19-16/h5-11,15,18H,3-4H2,1-2H3. The summed E-state index contributed by atoms with van der Waals surface area (Å²) in [6, 6.07) is 11.1. The molecule has 1 atom stereocenters. The van der Waals surface area contributed by atoms with Gasteiger partial charge >= 0.3 is 0 Å². The van der Waals surface area contributed by atoms with Gasteiger partial charge in [-0.15, -0.1) is 0 Å². The van der Waals surface area contributed by atoms with Crippen LogP contribution in [-0.4, -0.2) is 11.5 Å². The molecule has 1 N–H and O–H groups in total. The number of aryl methyl sites for hydroxylation is 1. The van der Waals surface area contributed by atoms with Crippen LogP contribution in [0, 0.1) is 5.82 Å². The second-order valence-corrected chi connectivity index (χ2v) is 4.46. The predicted octanol–water partition coefficient (Wildman–Crippen LogP) is 3.48. The zero-order chi connectivity index (χ0) is 13.7. The number of hydrogen-bond acceptors (Lipinski definition) is 2. The molecule has 0 aliphatic rings. The molecule has 0 saturated heterocycles. The number of aromatic nitrogens is 1. The van der Waals surface area contributed by atoms with Crippen LogP contribution < -0.4 is 5.32 Å². The van der Waals surface area contributed by atoms with Crippen LogP contribution in [0.15, 0.2) is 42.6 Å². The van der Waals surface area contributed by atoms with E-state index in [1.54, 1.807) is 12.3 Å². The molecule has 1 unspecified atom stereocenters. The average molecular weight is 258 g/mol. The number of rotatable bonds is 5. The molecule has 0 aliphatic carbocycles. The SMILES string of the molecule is CCNC(c1ccc(CC)cc1)c1ncccc1F. The van der Waals surface area contributed by atoms with Gasteiger partial charge in [-0.1, -0.05) is 38.1 Å². The van der Waals surface area contributed by atoms with Crippen LogP contribution in [0.1, 0.15) is 36.7 Å². The van der Waals surface area contributed by atoms with E-state index >= 15 is 0 Å². The van der Waals surface area contributed by atoms with Gasteiger partial charge in [0.05, 0.1) is 11.7 Å². The lowest BCUT2D eigenvalue weighted by molar-refractivity contribution is 0.542. The van der Waals surface area contributed by atoms with Gasteiger partial charge in [0.15, 0.2) is 0 Å². The molecule has 3 heteroatoms. The molecule has 0 amide bonds. The minimum Gasteiger partial charge on any atom is -0.305 e. The van der Waals surface area contributed by atoms with Crippen LogP contribution in [-0.2, 0) is 6.42 Å². The topological polar surface area (TPSA) is 24.9 Å². The van der Waals surface area contributed by atoms with Crippen molar-refractivity contribution in [1.29, 1.82) is 0 Å². The van der Waals surface area contributed by atoms with Gasteiger partial charge in [0.25, 0.3) is 0 Å². The lowest BCUT2D eigenvalue weighted by Crippen LogP contribution is -2.24. The third kappa shape index (κ3) is 3.18. The summed E-state index contributed by atoms with van der Waals surface area (Å²) in [6.07, 6.45) is 2.63. The van der Waals surface area contributed by atoms with Crippen molar-refractivity contribution in [2.45, 2.75) is 26.3 Å². The summed E-state index contributed by atoms with van der Waals surface area (Å²) in [5.74, 6) is -0.270. The van der Waals surface area contributed by atoms with E-state index in [0.717, 1.165) is 18.5 Å². The van der Waals surface area contributed by atoms with Crippen molar-refractivity contribution < 1.29 is 4.39 Å². The third-order valence-electron chi connectivity index (χ3n) is 3.19. The van der Waals surface area contributed by atoms with Crippen molar-refractivity contribution in [2.24, 2.45) is 0 Å². The molecule has 0 bridgehead atoms. The second kappa shape index (κ2) is 6.43.